The Morgan fingerprint density at radius 3 is 2.58 bits per heavy atom. The first kappa shape index (κ1) is 20.2. The zero-order valence-corrected chi connectivity index (χ0v) is 14.4. The molecule has 1 aliphatic heterocycles. The number of rotatable bonds is 9. The quantitative estimate of drug-likeness (QED) is 0.390. The molecule has 1 fully saturated rings. The van der Waals surface area contributed by atoms with Crippen molar-refractivity contribution in [1.82, 2.24) is 10.2 Å². The topological polar surface area (TPSA) is 156 Å². The molecule has 0 radical (unpaired) electrons. The predicted molar refractivity (Wildman–Crippen MR) is 89.1 cm³/mol. The van der Waals surface area contributed by atoms with Gasteiger partial charge in [0, 0.05) is 6.54 Å². The number of nitrogens with two attached hydrogens (primary N) is 2. The molecule has 0 aromatic carbocycles. The molecule has 3 amide bonds. The Morgan fingerprint density at radius 2 is 2.04 bits per heavy atom. The van der Waals surface area contributed by atoms with Crippen molar-refractivity contribution in [2.45, 2.75) is 43.8 Å². The summed E-state index contributed by atoms with van der Waals surface area (Å²) in [6, 6.07) is -2.96. The van der Waals surface area contributed by atoms with Gasteiger partial charge in [-0.15, -0.1) is 0 Å². The van der Waals surface area contributed by atoms with Gasteiger partial charge in [-0.3, -0.25) is 14.4 Å². The molecule has 3 atom stereocenters. The molecule has 10 heteroatoms. The van der Waals surface area contributed by atoms with Crippen LogP contribution in [0.5, 0.6) is 0 Å². The Hall–Kier alpha value is -1.81. The Labute approximate surface area is 144 Å². The average molecular weight is 360 g/mol. The van der Waals surface area contributed by atoms with Gasteiger partial charge < -0.3 is 26.8 Å². The van der Waals surface area contributed by atoms with E-state index < -0.39 is 48.2 Å². The molecule has 0 spiro atoms. The lowest BCUT2D eigenvalue weighted by Crippen LogP contribution is -2.55. The van der Waals surface area contributed by atoms with E-state index in [0.717, 1.165) is 0 Å². The number of likely N-dealkylation sites (tertiary alicyclic amines) is 1. The maximum atomic E-state index is 12.6. The highest BCUT2D eigenvalue weighted by Gasteiger charge is 2.38. The maximum Gasteiger partial charge on any atom is 0.326 e. The van der Waals surface area contributed by atoms with E-state index in [-0.39, 0.29) is 6.54 Å². The first-order valence-electron chi connectivity index (χ1n) is 7.64. The number of thioether (sulfide) groups is 1. The van der Waals surface area contributed by atoms with Crippen molar-refractivity contribution >= 4 is 35.5 Å². The first-order valence-corrected chi connectivity index (χ1v) is 9.03. The second kappa shape index (κ2) is 9.48. The standard InChI is InChI=1S/C14H24N4O5S/c1-24-6-4-8(15)12(20)17-9(7-11(16)19)13(21)18-5-2-3-10(18)14(22)23/h8-10H,2-7,15H2,1H3,(H2,16,19)(H,17,20)(H,22,23)/t8-,9-,10-/m0/s1. The number of carboxylic acids is 1. The van der Waals surface area contributed by atoms with Gasteiger partial charge in [0.1, 0.15) is 12.1 Å². The molecule has 1 aliphatic rings. The molecule has 0 saturated carbocycles. The third-order valence-electron chi connectivity index (χ3n) is 3.81. The SMILES string of the molecule is CSCC[C@H](N)C(=O)N[C@@H](CC(N)=O)C(=O)N1CCC[C@H]1C(=O)O. The van der Waals surface area contributed by atoms with Gasteiger partial charge >= 0.3 is 5.97 Å². The van der Waals surface area contributed by atoms with Crippen LogP contribution in [0.15, 0.2) is 0 Å². The molecule has 1 heterocycles. The molecular formula is C14H24N4O5S. The van der Waals surface area contributed by atoms with Gasteiger partial charge in [0.05, 0.1) is 12.5 Å². The Balaban J connectivity index is 2.80. The summed E-state index contributed by atoms with van der Waals surface area (Å²) in [5.74, 6) is -2.38. The monoisotopic (exact) mass is 360 g/mol. The number of hydrogen-bond donors (Lipinski definition) is 4. The van der Waals surface area contributed by atoms with E-state index in [1.807, 2.05) is 6.26 Å². The highest BCUT2D eigenvalue weighted by molar-refractivity contribution is 7.98. The van der Waals surface area contributed by atoms with E-state index in [1.165, 1.54) is 16.7 Å². The summed E-state index contributed by atoms with van der Waals surface area (Å²) in [7, 11) is 0. The van der Waals surface area contributed by atoms with Crippen LogP contribution in [0.4, 0.5) is 0 Å². The van der Waals surface area contributed by atoms with Gasteiger partial charge in [0.2, 0.25) is 17.7 Å². The van der Waals surface area contributed by atoms with Crippen molar-refractivity contribution in [3.8, 4) is 0 Å². The molecule has 0 aromatic rings. The number of hydrogen-bond acceptors (Lipinski definition) is 6. The Morgan fingerprint density at radius 1 is 1.38 bits per heavy atom. The number of nitrogens with one attached hydrogen (secondary N) is 1. The zero-order chi connectivity index (χ0) is 18.3. The Bertz CT molecular complexity index is 502. The van der Waals surface area contributed by atoms with Crippen molar-refractivity contribution < 1.29 is 24.3 Å². The lowest BCUT2D eigenvalue weighted by atomic mass is 10.1. The minimum atomic E-state index is -1.20. The Kier molecular flexibility index (Phi) is 7.99. The minimum Gasteiger partial charge on any atom is -0.480 e. The second-order valence-electron chi connectivity index (χ2n) is 5.65. The molecule has 0 aliphatic carbocycles. The van der Waals surface area contributed by atoms with Gasteiger partial charge in [-0.1, -0.05) is 0 Å². The lowest BCUT2D eigenvalue weighted by molar-refractivity contribution is -0.149. The number of carboxylic acid groups (broad SMARTS) is 1. The van der Waals surface area contributed by atoms with Gasteiger partial charge in [-0.05, 0) is 31.3 Å². The normalized spacial score (nSPS) is 19.6. The number of carbonyl (C=O) groups is 4. The van der Waals surface area contributed by atoms with E-state index in [9.17, 15) is 19.2 Å². The van der Waals surface area contributed by atoms with Gasteiger partial charge in [-0.2, -0.15) is 11.8 Å². The number of aliphatic carboxylic acids is 1. The number of primary amides is 1. The zero-order valence-electron chi connectivity index (χ0n) is 13.6. The summed E-state index contributed by atoms with van der Waals surface area (Å²) in [6.45, 7) is 0.263. The molecule has 0 unspecified atom stereocenters. The summed E-state index contributed by atoms with van der Waals surface area (Å²) < 4.78 is 0. The second-order valence-corrected chi connectivity index (χ2v) is 6.63. The van der Waals surface area contributed by atoms with E-state index in [0.29, 0.717) is 25.0 Å². The van der Waals surface area contributed by atoms with Gasteiger partial charge in [-0.25, -0.2) is 4.79 Å². The third-order valence-corrected chi connectivity index (χ3v) is 4.45. The van der Waals surface area contributed by atoms with Crippen LogP contribution in [0.3, 0.4) is 0 Å². The molecule has 0 bridgehead atoms. The predicted octanol–water partition coefficient (Wildman–Crippen LogP) is -1.50. The average Bonchev–Trinajstić information content (AvgIpc) is 3.00. The molecule has 6 N–H and O–H groups in total. The van der Waals surface area contributed by atoms with Crippen LogP contribution >= 0.6 is 11.8 Å². The van der Waals surface area contributed by atoms with Crippen molar-refractivity contribution in [2.24, 2.45) is 11.5 Å². The minimum absolute atomic E-state index is 0.263. The highest BCUT2D eigenvalue weighted by Crippen LogP contribution is 2.19. The van der Waals surface area contributed by atoms with Gasteiger partial charge in [0.25, 0.3) is 0 Å². The molecule has 9 nitrogen and oxygen atoms in total. The third kappa shape index (κ3) is 5.68. The van der Waals surface area contributed by atoms with Crippen molar-refractivity contribution in [1.29, 1.82) is 0 Å². The summed E-state index contributed by atoms with van der Waals surface area (Å²) in [4.78, 5) is 48.3. The van der Waals surface area contributed by atoms with Crippen LogP contribution in [-0.2, 0) is 19.2 Å². The molecule has 0 aromatic heterocycles. The molecule has 24 heavy (non-hydrogen) atoms. The van der Waals surface area contributed by atoms with Crippen LogP contribution in [0.25, 0.3) is 0 Å². The molecule has 136 valence electrons. The van der Waals surface area contributed by atoms with Crippen molar-refractivity contribution in [3.05, 3.63) is 0 Å². The van der Waals surface area contributed by atoms with Crippen LogP contribution in [0.2, 0.25) is 0 Å². The summed E-state index contributed by atoms with van der Waals surface area (Å²) in [6.07, 6.45) is 2.79. The fourth-order valence-electron chi connectivity index (χ4n) is 2.54. The largest absolute Gasteiger partial charge is 0.480 e. The fraction of sp³-hybridized carbons (Fsp3) is 0.714. The van der Waals surface area contributed by atoms with Crippen LogP contribution < -0.4 is 16.8 Å². The van der Waals surface area contributed by atoms with Crippen LogP contribution in [-0.4, -0.2) is 70.4 Å². The number of nitrogens with zero attached hydrogens (tertiary/aromatic N) is 1. The highest BCUT2D eigenvalue weighted by atomic mass is 32.2. The smallest absolute Gasteiger partial charge is 0.326 e. The number of amides is 3. The summed E-state index contributed by atoms with van der Waals surface area (Å²) in [5, 5.41) is 11.6. The fourth-order valence-corrected chi connectivity index (χ4v) is 3.03. The van der Waals surface area contributed by atoms with Gasteiger partial charge in [0.15, 0.2) is 0 Å². The van der Waals surface area contributed by atoms with E-state index in [2.05, 4.69) is 5.32 Å². The maximum absolute atomic E-state index is 12.6. The molecule has 1 saturated heterocycles. The first-order chi connectivity index (χ1) is 11.3. The number of carbonyl (C=O) groups excluding carboxylic acids is 3. The summed E-state index contributed by atoms with van der Waals surface area (Å²) in [5.41, 5.74) is 10.9. The van der Waals surface area contributed by atoms with Crippen molar-refractivity contribution in [2.75, 3.05) is 18.6 Å². The van der Waals surface area contributed by atoms with Crippen molar-refractivity contribution in [3.63, 3.8) is 0 Å². The molecule has 1 rings (SSSR count). The molecular weight excluding hydrogens is 336 g/mol. The lowest BCUT2D eigenvalue weighted by Gasteiger charge is -2.27. The van der Waals surface area contributed by atoms with E-state index >= 15 is 0 Å². The van der Waals surface area contributed by atoms with E-state index in [4.69, 9.17) is 16.6 Å². The van der Waals surface area contributed by atoms with Crippen LogP contribution in [0, 0.1) is 0 Å². The van der Waals surface area contributed by atoms with Crippen LogP contribution in [0.1, 0.15) is 25.7 Å². The van der Waals surface area contributed by atoms with E-state index in [1.54, 1.807) is 0 Å². The summed E-state index contributed by atoms with van der Waals surface area (Å²) >= 11 is 1.53.